The van der Waals surface area contributed by atoms with E-state index in [0.29, 0.717) is 12.3 Å². The van der Waals surface area contributed by atoms with Crippen LogP contribution >= 0.6 is 0 Å². The molecule has 2 aromatic carbocycles. The number of hydrogen-bond donors (Lipinski definition) is 1. The summed E-state index contributed by atoms with van der Waals surface area (Å²) in [6.07, 6.45) is 1.47. The SMILES string of the molecule is COc1cc2c(cc1OC)C(C(C)NC(=O)CC(C)C)N(Cc1ccc(C)cc1)CC2. The molecule has 31 heavy (non-hydrogen) atoms. The Morgan fingerprint density at radius 2 is 1.74 bits per heavy atom. The van der Waals surface area contributed by atoms with Crippen LogP contribution in [0.2, 0.25) is 0 Å². The molecule has 2 atom stereocenters. The van der Waals surface area contributed by atoms with E-state index in [0.717, 1.165) is 31.0 Å². The fourth-order valence-electron chi connectivity index (χ4n) is 4.48. The third-order valence-corrected chi connectivity index (χ3v) is 5.99. The molecule has 0 bridgehead atoms. The van der Waals surface area contributed by atoms with E-state index in [9.17, 15) is 4.79 Å². The van der Waals surface area contributed by atoms with Crippen LogP contribution in [0, 0.1) is 12.8 Å². The van der Waals surface area contributed by atoms with Crippen molar-refractivity contribution < 1.29 is 14.3 Å². The number of hydrogen-bond acceptors (Lipinski definition) is 4. The minimum absolute atomic E-state index is 0.0335. The third kappa shape index (κ3) is 5.59. The summed E-state index contributed by atoms with van der Waals surface area (Å²) in [7, 11) is 3.34. The van der Waals surface area contributed by atoms with E-state index in [2.05, 4.69) is 74.3 Å². The Balaban J connectivity index is 1.95. The molecule has 0 spiro atoms. The zero-order valence-electron chi connectivity index (χ0n) is 19.7. The van der Waals surface area contributed by atoms with Gasteiger partial charge in [0.1, 0.15) is 0 Å². The Morgan fingerprint density at radius 3 is 2.35 bits per heavy atom. The van der Waals surface area contributed by atoms with Crippen LogP contribution in [0.5, 0.6) is 11.5 Å². The van der Waals surface area contributed by atoms with E-state index < -0.39 is 0 Å². The van der Waals surface area contributed by atoms with E-state index in [1.54, 1.807) is 14.2 Å². The van der Waals surface area contributed by atoms with Gasteiger partial charge in [0.25, 0.3) is 0 Å². The lowest BCUT2D eigenvalue weighted by Crippen LogP contribution is -2.47. The first-order chi connectivity index (χ1) is 14.8. The van der Waals surface area contributed by atoms with Crippen LogP contribution in [0.3, 0.4) is 0 Å². The molecule has 5 heteroatoms. The molecular weight excluding hydrogens is 388 g/mol. The number of aryl methyl sites for hydroxylation is 1. The first-order valence-corrected chi connectivity index (χ1v) is 11.2. The van der Waals surface area contributed by atoms with Crippen molar-refractivity contribution in [2.24, 2.45) is 5.92 Å². The largest absolute Gasteiger partial charge is 0.493 e. The van der Waals surface area contributed by atoms with E-state index in [1.165, 1.54) is 22.3 Å². The average Bonchev–Trinajstić information content (AvgIpc) is 2.73. The quantitative estimate of drug-likeness (QED) is 0.669. The van der Waals surface area contributed by atoms with E-state index in [1.807, 2.05) is 0 Å². The molecule has 0 saturated heterocycles. The monoisotopic (exact) mass is 424 g/mol. The lowest BCUT2D eigenvalue weighted by atomic mass is 9.87. The summed E-state index contributed by atoms with van der Waals surface area (Å²) in [5.74, 6) is 1.91. The minimum Gasteiger partial charge on any atom is -0.493 e. The molecule has 0 radical (unpaired) electrons. The predicted octanol–water partition coefficient (Wildman–Crippen LogP) is 4.66. The molecule has 5 nitrogen and oxygen atoms in total. The normalized spacial score (nSPS) is 17.2. The Bertz CT molecular complexity index is 892. The summed E-state index contributed by atoms with van der Waals surface area (Å²) < 4.78 is 11.1. The fourth-order valence-corrected chi connectivity index (χ4v) is 4.48. The molecule has 1 amide bonds. The molecule has 0 fully saturated rings. The van der Waals surface area contributed by atoms with E-state index >= 15 is 0 Å². The number of carbonyl (C=O) groups is 1. The lowest BCUT2D eigenvalue weighted by molar-refractivity contribution is -0.122. The molecule has 3 rings (SSSR count). The number of amides is 1. The summed E-state index contributed by atoms with van der Waals surface area (Å²) in [5.41, 5.74) is 5.00. The van der Waals surface area contributed by atoms with Crippen molar-refractivity contribution in [1.82, 2.24) is 10.2 Å². The van der Waals surface area contributed by atoms with Crippen molar-refractivity contribution in [2.75, 3.05) is 20.8 Å². The number of ether oxygens (including phenoxy) is 2. The first kappa shape index (κ1) is 23.1. The molecule has 0 aliphatic carbocycles. The van der Waals surface area contributed by atoms with Gasteiger partial charge in [-0.3, -0.25) is 9.69 Å². The molecule has 1 aliphatic rings. The molecule has 168 valence electrons. The number of benzene rings is 2. The maximum Gasteiger partial charge on any atom is 0.220 e. The highest BCUT2D eigenvalue weighted by Crippen LogP contribution is 2.40. The van der Waals surface area contributed by atoms with Gasteiger partial charge in [-0.1, -0.05) is 43.7 Å². The second-order valence-corrected chi connectivity index (χ2v) is 9.01. The van der Waals surface area contributed by atoms with Gasteiger partial charge >= 0.3 is 0 Å². The number of nitrogens with one attached hydrogen (secondary N) is 1. The zero-order chi connectivity index (χ0) is 22.5. The third-order valence-electron chi connectivity index (χ3n) is 5.99. The highest BCUT2D eigenvalue weighted by Gasteiger charge is 2.33. The van der Waals surface area contributed by atoms with Crippen LogP contribution in [0.25, 0.3) is 0 Å². The van der Waals surface area contributed by atoms with Gasteiger partial charge in [0.05, 0.1) is 20.3 Å². The maximum absolute atomic E-state index is 12.6. The van der Waals surface area contributed by atoms with Crippen LogP contribution in [0.15, 0.2) is 36.4 Å². The molecule has 0 aromatic heterocycles. The Kier molecular flexibility index (Phi) is 7.60. The van der Waals surface area contributed by atoms with Crippen LogP contribution in [-0.4, -0.2) is 37.6 Å². The molecule has 1 heterocycles. The topological polar surface area (TPSA) is 50.8 Å². The minimum atomic E-state index is -0.0335. The van der Waals surface area contributed by atoms with Crippen molar-refractivity contribution in [3.8, 4) is 11.5 Å². The molecule has 2 aromatic rings. The standard InChI is InChI=1S/C26H36N2O3/c1-17(2)13-25(29)27-19(4)26-22-15-24(31-6)23(30-5)14-21(22)11-12-28(26)16-20-9-7-18(3)8-10-20/h7-10,14-15,17,19,26H,11-13,16H2,1-6H3,(H,27,29). The molecule has 1 aliphatic heterocycles. The van der Waals surface area contributed by atoms with Crippen LogP contribution in [-0.2, 0) is 17.8 Å². The fraction of sp³-hybridized carbons (Fsp3) is 0.500. The summed E-state index contributed by atoms with van der Waals surface area (Å²) >= 11 is 0. The summed E-state index contributed by atoms with van der Waals surface area (Å²) in [4.78, 5) is 15.0. The second-order valence-electron chi connectivity index (χ2n) is 9.01. The van der Waals surface area contributed by atoms with Crippen molar-refractivity contribution in [2.45, 2.75) is 59.2 Å². The Labute approximate surface area is 186 Å². The number of methoxy groups -OCH3 is 2. The van der Waals surface area contributed by atoms with Crippen molar-refractivity contribution in [1.29, 1.82) is 0 Å². The molecule has 0 saturated carbocycles. The van der Waals surface area contributed by atoms with Gasteiger partial charge in [-0.05, 0) is 55.0 Å². The van der Waals surface area contributed by atoms with E-state index in [4.69, 9.17) is 9.47 Å². The van der Waals surface area contributed by atoms with Gasteiger partial charge in [-0.25, -0.2) is 0 Å². The number of fused-ring (bicyclic) bond motifs is 1. The van der Waals surface area contributed by atoms with Gasteiger partial charge in [0.2, 0.25) is 5.91 Å². The second kappa shape index (κ2) is 10.2. The van der Waals surface area contributed by atoms with Crippen molar-refractivity contribution >= 4 is 5.91 Å². The number of rotatable bonds is 8. The smallest absolute Gasteiger partial charge is 0.220 e. The Morgan fingerprint density at radius 1 is 1.10 bits per heavy atom. The van der Waals surface area contributed by atoms with Gasteiger partial charge in [0.15, 0.2) is 11.5 Å². The van der Waals surface area contributed by atoms with E-state index in [-0.39, 0.29) is 18.0 Å². The van der Waals surface area contributed by atoms with Gasteiger partial charge < -0.3 is 14.8 Å². The summed E-state index contributed by atoms with van der Waals surface area (Å²) in [6.45, 7) is 10.1. The number of carbonyl (C=O) groups excluding carboxylic acids is 1. The highest BCUT2D eigenvalue weighted by atomic mass is 16.5. The molecular formula is C26H36N2O3. The van der Waals surface area contributed by atoms with Crippen LogP contribution < -0.4 is 14.8 Å². The number of nitrogens with zero attached hydrogens (tertiary/aromatic N) is 1. The average molecular weight is 425 g/mol. The van der Waals surface area contributed by atoms with Crippen LogP contribution in [0.4, 0.5) is 0 Å². The van der Waals surface area contributed by atoms with Crippen LogP contribution in [0.1, 0.15) is 55.5 Å². The first-order valence-electron chi connectivity index (χ1n) is 11.2. The maximum atomic E-state index is 12.6. The van der Waals surface area contributed by atoms with Gasteiger partial charge in [0, 0.05) is 25.6 Å². The van der Waals surface area contributed by atoms with Crippen molar-refractivity contribution in [3.05, 3.63) is 58.7 Å². The predicted molar refractivity (Wildman–Crippen MR) is 125 cm³/mol. The zero-order valence-corrected chi connectivity index (χ0v) is 19.7. The molecule has 1 N–H and O–H groups in total. The van der Waals surface area contributed by atoms with Gasteiger partial charge in [-0.2, -0.15) is 0 Å². The lowest BCUT2D eigenvalue weighted by Gasteiger charge is -2.41. The Hall–Kier alpha value is -2.53. The molecule has 2 unspecified atom stereocenters. The van der Waals surface area contributed by atoms with Crippen molar-refractivity contribution in [3.63, 3.8) is 0 Å². The summed E-state index contributed by atoms with van der Waals surface area (Å²) in [5, 5.41) is 3.26. The highest BCUT2D eigenvalue weighted by molar-refractivity contribution is 5.76. The van der Waals surface area contributed by atoms with Gasteiger partial charge in [-0.15, -0.1) is 0 Å². The summed E-state index contributed by atoms with van der Waals surface area (Å²) in [6, 6.07) is 12.9.